The van der Waals surface area contributed by atoms with E-state index in [9.17, 15) is 58.5 Å². The quantitative estimate of drug-likeness (QED) is 0.0672. The van der Waals surface area contributed by atoms with Gasteiger partial charge in [-0.15, -0.1) is 5.01 Å². The Bertz CT molecular complexity index is 1450. The van der Waals surface area contributed by atoms with Crippen molar-refractivity contribution in [1.82, 2.24) is 26.0 Å². The zero-order valence-corrected chi connectivity index (χ0v) is 27.5. The van der Waals surface area contributed by atoms with E-state index in [0.717, 1.165) is 7.05 Å². The van der Waals surface area contributed by atoms with E-state index in [4.69, 9.17) is 14.2 Å². The number of nitrogens with one attached hydrogen (secondary N) is 3. The van der Waals surface area contributed by atoms with Crippen LogP contribution in [0.1, 0.15) is 45.6 Å². The van der Waals surface area contributed by atoms with Gasteiger partial charge in [-0.25, -0.2) is 19.4 Å². The average Bonchev–Trinajstić information content (AvgIpc) is 3.85. The maximum absolute atomic E-state index is 13.5. The third-order valence-corrected chi connectivity index (χ3v) is 6.97. The molecule has 0 saturated carbocycles. The Balaban J connectivity index is 2.21. The Morgan fingerprint density at radius 1 is 0.840 bits per heavy atom. The summed E-state index contributed by atoms with van der Waals surface area (Å²) in [4.78, 5) is 112. The van der Waals surface area contributed by atoms with Gasteiger partial charge in [-0.2, -0.15) is 0 Å². The SMILES string of the molecule is CCOC(=O)[C@H]1O[C@@H]1C(=O)N(C(=O)O)N(C)C(=O)[C@@H](NC(=O)[C@H](CCC(=O)O)NC(=O)[C@H](CC(=O)O)NC(=O)OCc1ccccc1)C(C)C. The lowest BCUT2D eigenvalue weighted by Gasteiger charge is -2.32. The molecular formula is C30H39N5O15. The molecule has 1 fully saturated rings. The molecule has 1 aliphatic heterocycles. The van der Waals surface area contributed by atoms with Gasteiger partial charge < -0.3 is 45.5 Å². The molecule has 5 atom stereocenters. The van der Waals surface area contributed by atoms with Crippen LogP contribution in [0.4, 0.5) is 9.59 Å². The van der Waals surface area contributed by atoms with Crippen molar-refractivity contribution in [2.24, 2.45) is 5.92 Å². The summed E-state index contributed by atoms with van der Waals surface area (Å²) >= 11 is 0. The summed E-state index contributed by atoms with van der Waals surface area (Å²) < 4.78 is 14.7. The number of carbonyl (C=O) groups is 9. The first-order valence-corrected chi connectivity index (χ1v) is 15.2. The molecule has 50 heavy (non-hydrogen) atoms. The second kappa shape index (κ2) is 18.7. The average molecular weight is 710 g/mol. The van der Waals surface area contributed by atoms with Gasteiger partial charge in [-0.05, 0) is 24.8 Å². The van der Waals surface area contributed by atoms with Gasteiger partial charge >= 0.3 is 30.1 Å². The third-order valence-electron chi connectivity index (χ3n) is 6.97. The molecule has 6 N–H and O–H groups in total. The van der Waals surface area contributed by atoms with Crippen LogP contribution >= 0.6 is 0 Å². The van der Waals surface area contributed by atoms with Crippen LogP contribution in [0.25, 0.3) is 0 Å². The summed E-state index contributed by atoms with van der Waals surface area (Å²) in [5.74, 6) is -9.39. The minimum absolute atomic E-state index is 0.0174. The zero-order valence-electron chi connectivity index (χ0n) is 27.5. The van der Waals surface area contributed by atoms with Crippen LogP contribution in [0.5, 0.6) is 0 Å². The smallest absolute Gasteiger partial charge is 0.433 e. The summed E-state index contributed by atoms with van der Waals surface area (Å²) in [6.45, 7) is 4.14. The number of rotatable bonds is 17. The standard InChI is InChI=1S/C30H39N5O15/c1-5-48-28(44)23-22(50-23)27(43)35(30(46)47)34(4)26(42)21(15(2)3)33-24(40)17(11-12-19(36)37)31-25(41)18(13-20(38)39)32-29(45)49-14-16-9-7-6-8-10-16/h6-10,15,17-18,21-23H,5,11-14H2,1-4H3,(H,31,41)(H,32,45)(H,33,40)(H,36,37)(H,38,39)(H,46,47)/t17-,18-,21-,22-,23-/m0/s1. The Morgan fingerprint density at radius 2 is 1.46 bits per heavy atom. The second-order valence-corrected chi connectivity index (χ2v) is 11.1. The van der Waals surface area contributed by atoms with Crippen LogP contribution in [0.2, 0.25) is 0 Å². The third kappa shape index (κ3) is 12.0. The van der Waals surface area contributed by atoms with E-state index in [1.165, 1.54) is 20.8 Å². The number of alkyl carbamates (subject to hydrolysis) is 1. The predicted octanol–water partition coefficient (Wildman–Crippen LogP) is -0.543. The maximum Gasteiger partial charge on any atom is 0.433 e. The fraction of sp³-hybridized carbons (Fsp3) is 0.500. The van der Waals surface area contributed by atoms with Crippen LogP contribution in [0, 0.1) is 5.92 Å². The number of hydrazine groups is 1. The van der Waals surface area contributed by atoms with Crippen LogP contribution in [-0.4, -0.2) is 123 Å². The number of benzene rings is 1. The highest BCUT2D eigenvalue weighted by Gasteiger charge is 2.55. The summed E-state index contributed by atoms with van der Waals surface area (Å²) in [5, 5.41) is 35.2. The number of carboxylic acids is 2. The number of carbonyl (C=O) groups excluding carboxylic acids is 6. The van der Waals surface area contributed by atoms with Crippen molar-refractivity contribution in [3.05, 3.63) is 35.9 Å². The van der Waals surface area contributed by atoms with Crippen molar-refractivity contribution >= 4 is 53.7 Å². The summed E-state index contributed by atoms with van der Waals surface area (Å²) in [6, 6.07) is 3.31. The summed E-state index contributed by atoms with van der Waals surface area (Å²) in [6.07, 6.45) is -8.25. The largest absolute Gasteiger partial charge is 0.481 e. The number of carboxylic acid groups (broad SMARTS) is 3. The lowest BCUT2D eigenvalue weighted by atomic mass is 10.0. The molecule has 1 aromatic rings. The van der Waals surface area contributed by atoms with E-state index >= 15 is 0 Å². The highest BCUT2D eigenvalue weighted by molar-refractivity contribution is 6.02. The van der Waals surface area contributed by atoms with E-state index in [0.29, 0.717) is 10.6 Å². The monoisotopic (exact) mass is 709 g/mol. The van der Waals surface area contributed by atoms with Crippen molar-refractivity contribution in [1.29, 1.82) is 0 Å². The molecule has 274 valence electrons. The summed E-state index contributed by atoms with van der Waals surface area (Å²) in [7, 11) is 0.903. The molecule has 0 aromatic heterocycles. The molecule has 20 heteroatoms. The van der Waals surface area contributed by atoms with E-state index in [2.05, 4.69) is 16.0 Å². The topological polar surface area (TPSA) is 288 Å². The molecule has 6 amide bonds. The highest BCUT2D eigenvalue weighted by Crippen LogP contribution is 2.26. The molecule has 0 bridgehead atoms. The van der Waals surface area contributed by atoms with Crippen molar-refractivity contribution in [2.75, 3.05) is 13.7 Å². The second-order valence-electron chi connectivity index (χ2n) is 11.1. The molecule has 0 aliphatic carbocycles. The molecular weight excluding hydrogens is 670 g/mol. The van der Waals surface area contributed by atoms with Gasteiger partial charge in [0.25, 0.3) is 11.8 Å². The molecule has 1 heterocycles. The molecule has 0 unspecified atom stereocenters. The summed E-state index contributed by atoms with van der Waals surface area (Å²) in [5.41, 5.74) is 0.588. The van der Waals surface area contributed by atoms with Gasteiger partial charge in [0.15, 0.2) is 12.2 Å². The van der Waals surface area contributed by atoms with Gasteiger partial charge in [-0.1, -0.05) is 44.2 Å². The van der Waals surface area contributed by atoms with E-state index < -0.39 is 109 Å². The van der Waals surface area contributed by atoms with Gasteiger partial charge in [0.05, 0.1) is 13.0 Å². The number of ether oxygens (including phenoxy) is 3. The normalized spacial score (nSPS) is 16.4. The van der Waals surface area contributed by atoms with Gasteiger partial charge in [0.2, 0.25) is 11.8 Å². The first kappa shape index (κ1) is 40.4. The molecule has 1 aromatic carbocycles. The minimum Gasteiger partial charge on any atom is -0.481 e. The number of esters is 1. The van der Waals surface area contributed by atoms with Crippen molar-refractivity contribution < 1.29 is 72.7 Å². The van der Waals surface area contributed by atoms with E-state index in [1.807, 2.05) is 0 Å². The van der Waals surface area contributed by atoms with Crippen molar-refractivity contribution in [3.63, 3.8) is 0 Å². The fourth-order valence-electron chi connectivity index (χ4n) is 4.36. The highest BCUT2D eigenvalue weighted by atomic mass is 16.6. The molecule has 1 aliphatic rings. The number of aliphatic carboxylic acids is 2. The number of hydrogen-bond acceptors (Lipinski definition) is 12. The predicted molar refractivity (Wildman–Crippen MR) is 164 cm³/mol. The Labute approximate surface area is 285 Å². The lowest BCUT2D eigenvalue weighted by molar-refractivity contribution is -0.159. The molecule has 0 radical (unpaired) electrons. The van der Waals surface area contributed by atoms with Crippen LogP contribution in [0.15, 0.2) is 30.3 Å². The number of imide groups is 1. The van der Waals surface area contributed by atoms with Crippen LogP contribution < -0.4 is 16.0 Å². The number of nitrogens with zero attached hydrogens (tertiary/aromatic N) is 2. The van der Waals surface area contributed by atoms with E-state index in [1.54, 1.807) is 30.3 Å². The number of amides is 6. The Morgan fingerprint density at radius 3 is 2.00 bits per heavy atom. The Kier molecular flexibility index (Phi) is 15.1. The molecule has 1 saturated heterocycles. The first-order valence-electron chi connectivity index (χ1n) is 15.2. The zero-order chi connectivity index (χ0) is 37.7. The van der Waals surface area contributed by atoms with Gasteiger partial charge in [0.1, 0.15) is 24.7 Å². The Hall–Kier alpha value is -5.79. The van der Waals surface area contributed by atoms with Crippen LogP contribution in [-0.2, 0) is 54.4 Å². The lowest BCUT2D eigenvalue weighted by Crippen LogP contribution is -2.61. The number of epoxide rings is 1. The number of likely N-dealkylation sites (N-methyl/N-ethyl adjacent to an activating group) is 1. The van der Waals surface area contributed by atoms with Gasteiger partial charge in [-0.3, -0.25) is 28.8 Å². The maximum atomic E-state index is 13.5. The number of hydrogen-bond donors (Lipinski definition) is 6. The van der Waals surface area contributed by atoms with Crippen molar-refractivity contribution in [3.8, 4) is 0 Å². The minimum atomic E-state index is -1.93. The van der Waals surface area contributed by atoms with E-state index in [-0.39, 0.29) is 18.2 Å². The van der Waals surface area contributed by atoms with Gasteiger partial charge in [0, 0.05) is 13.5 Å². The molecule has 2 rings (SSSR count). The van der Waals surface area contributed by atoms with Crippen molar-refractivity contribution in [2.45, 2.75) is 77.0 Å². The molecule has 20 nitrogen and oxygen atoms in total. The first-order chi connectivity index (χ1) is 23.5. The fourth-order valence-corrected chi connectivity index (χ4v) is 4.36. The molecule has 0 spiro atoms. The van der Waals surface area contributed by atoms with Crippen LogP contribution in [0.3, 0.4) is 0 Å².